The van der Waals surface area contributed by atoms with Crippen LogP contribution in [0.2, 0.25) is 0 Å². The molecule has 0 aliphatic carbocycles. The first-order chi connectivity index (χ1) is 16.5. The summed E-state index contributed by atoms with van der Waals surface area (Å²) in [4.78, 5) is 44.5. The normalized spacial score (nSPS) is 10.7. The number of benzene rings is 3. The Hall–Kier alpha value is -4.26. The van der Waals surface area contributed by atoms with Gasteiger partial charge in [0.15, 0.2) is 6.61 Å². The molecule has 0 unspecified atom stereocenters. The van der Waals surface area contributed by atoms with E-state index in [-0.39, 0.29) is 24.5 Å². The quantitative estimate of drug-likeness (QED) is 0.397. The SMILES string of the molecule is Cc1ccccc1CCNC(=O)COC(=O)c1ccccc1Cc1nc2ccccc2c(=O)[nH]1. The Morgan fingerprint density at radius 3 is 2.47 bits per heavy atom. The molecule has 0 saturated heterocycles. The number of aryl methyl sites for hydroxylation is 1. The fraction of sp³-hybridized carbons (Fsp3) is 0.185. The molecule has 1 heterocycles. The van der Waals surface area contributed by atoms with E-state index in [1.165, 1.54) is 5.56 Å². The van der Waals surface area contributed by atoms with Gasteiger partial charge in [0.05, 0.1) is 16.5 Å². The lowest BCUT2D eigenvalue weighted by Gasteiger charge is -2.11. The van der Waals surface area contributed by atoms with Gasteiger partial charge in [0.25, 0.3) is 11.5 Å². The highest BCUT2D eigenvalue weighted by Gasteiger charge is 2.15. The van der Waals surface area contributed by atoms with Crippen molar-refractivity contribution >= 4 is 22.8 Å². The Balaban J connectivity index is 1.36. The van der Waals surface area contributed by atoms with E-state index in [0.717, 1.165) is 5.56 Å². The molecule has 1 aromatic heterocycles. The van der Waals surface area contributed by atoms with Gasteiger partial charge in [-0.05, 0) is 48.2 Å². The van der Waals surface area contributed by atoms with Crippen LogP contribution in [0.5, 0.6) is 0 Å². The number of hydrogen-bond donors (Lipinski definition) is 2. The number of nitrogens with one attached hydrogen (secondary N) is 2. The summed E-state index contributed by atoms with van der Waals surface area (Å²) in [5.74, 6) is -0.523. The lowest BCUT2D eigenvalue weighted by molar-refractivity contribution is -0.124. The van der Waals surface area contributed by atoms with Crippen LogP contribution in [0.4, 0.5) is 0 Å². The molecule has 0 atom stereocenters. The number of rotatable bonds is 8. The zero-order chi connectivity index (χ0) is 23.9. The van der Waals surface area contributed by atoms with Crippen molar-refractivity contribution < 1.29 is 14.3 Å². The van der Waals surface area contributed by atoms with Crippen molar-refractivity contribution in [3.8, 4) is 0 Å². The Kier molecular flexibility index (Phi) is 7.13. The van der Waals surface area contributed by atoms with Crippen molar-refractivity contribution in [2.24, 2.45) is 0 Å². The van der Waals surface area contributed by atoms with E-state index in [1.54, 1.807) is 42.5 Å². The van der Waals surface area contributed by atoms with Crippen LogP contribution in [0.1, 0.15) is 32.9 Å². The third kappa shape index (κ3) is 5.56. The highest BCUT2D eigenvalue weighted by Crippen LogP contribution is 2.15. The van der Waals surface area contributed by atoms with Crippen molar-refractivity contribution in [3.63, 3.8) is 0 Å². The summed E-state index contributed by atoms with van der Waals surface area (Å²) in [5.41, 5.74) is 3.65. The lowest BCUT2D eigenvalue weighted by atomic mass is 10.0. The standard InChI is InChI=1S/C27H25N3O4/c1-18-8-2-3-9-19(18)14-15-28-25(31)17-34-27(33)21-11-5-4-10-20(21)16-24-29-23-13-7-6-12-22(23)26(32)30-24/h2-13H,14-17H2,1H3,(H,28,31)(H,29,30,32). The molecule has 1 amide bonds. The minimum Gasteiger partial charge on any atom is -0.452 e. The van der Waals surface area contributed by atoms with Crippen LogP contribution in [-0.2, 0) is 22.4 Å². The van der Waals surface area contributed by atoms with Gasteiger partial charge < -0.3 is 15.0 Å². The first-order valence-electron chi connectivity index (χ1n) is 11.1. The van der Waals surface area contributed by atoms with Crippen molar-refractivity contribution in [3.05, 3.63) is 111 Å². The Morgan fingerprint density at radius 2 is 1.65 bits per heavy atom. The van der Waals surface area contributed by atoms with Crippen LogP contribution < -0.4 is 10.9 Å². The van der Waals surface area contributed by atoms with E-state index >= 15 is 0 Å². The van der Waals surface area contributed by atoms with Crippen molar-refractivity contribution in [2.75, 3.05) is 13.2 Å². The van der Waals surface area contributed by atoms with E-state index in [1.807, 2.05) is 37.3 Å². The number of carbonyl (C=O) groups is 2. The molecule has 3 aromatic carbocycles. The highest BCUT2D eigenvalue weighted by molar-refractivity contribution is 5.92. The minimum atomic E-state index is -0.604. The van der Waals surface area contributed by atoms with Gasteiger partial charge in [-0.3, -0.25) is 9.59 Å². The number of para-hydroxylation sites is 1. The van der Waals surface area contributed by atoms with E-state index in [4.69, 9.17) is 4.74 Å². The number of esters is 1. The van der Waals surface area contributed by atoms with Crippen LogP contribution in [0.15, 0.2) is 77.6 Å². The second-order valence-electron chi connectivity index (χ2n) is 7.97. The molecule has 0 fully saturated rings. The zero-order valence-electron chi connectivity index (χ0n) is 18.8. The third-order valence-corrected chi connectivity index (χ3v) is 5.57. The fourth-order valence-corrected chi connectivity index (χ4v) is 3.76. The summed E-state index contributed by atoms with van der Waals surface area (Å²) in [7, 11) is 0. The van der Waals surface area contributed by atoms with Gasteiger partial charge in [-0.15, -0.1) is 0 Å². The fourth-order valence-electron chi connectivity index (χ4n) is 3.76. The zero-order valence-corrected chi connectivity index (χ0v) is 18.8. The van der Waals surface area contributed by atoms with Crippen LogP contribution in [0.3, 0.4) is 0 Å². The summed E-state index contributed by atoms with van der Waals surface area (Å²) in [6.45, 7) is 2.12. The molecule has 0 spiro atoms. The highest BCUT2D eigenvalue weighted by atomic mass is 16.5. The monoisotopic (exact) mass is 455 g/mol. The lowest BCUT2D eigenvalue weighted by Crippen LogP contribution is -2.30. The predicted molar refractivity (Wildman–Crippen MR) is 130 cm³/mol. The maximum atomic E-state index is 12.7. The Bertz CT molecular complexity index is 1390. The van der Waals surface area contributed by atoms with Crippen molar-refractivity contribution in [2.45, 2.75) is 19.8 Å². The van der Waals surface area contributed by atoms with Gasteiger partial charge >= 0.3 is 5.97 Å². The summed E-state index contributed by atoms with van der Waals surface area (Å²) in [6, 6.07) is 22.0. The molecule has 7 nitrogen and oxygen atoms in total. The van der Waals surface area contributed by atoms with E-state index in [0.29, 0.717) is 40.8 Å². The summed E-state index contributed by atoms with van der Waals surface area (Å²) >= 11 is 0. The number of amides is 1. The number of H-pyrrole nitrogens is 1. The summed E-state index contributed by atoms with van der Waals surface area (Å²) in [6.07, 6.45) is 0.945. The maximum Gasteiger partial charge on any atom is 0.338 e. The number of nitrogens with zero attached hydrogens (tertiary/aromatic N) is 1. The number of carbonyl (C=O) groups excluding carboxylic acids is 2. The first kappa shape index (κ1) is 22.9. The number of ether oxygens (including phenoxy) is 1. The largest absolute Gasteiger partial charge is 0.452 e. The maximum absolute atomic E-state index is 12.7. The summed E-state index contributed by atoms with van der Waals surface area (Å²) in [5, 5.41) is 3.28. The summed E-state index contributed by atoms with van der Waals surface area (Å²) < 4.78 is 5.25. The van der Waals surface area contributed by atoms with Crippen LogP contribution in [0.25, 0.3) is 10.9 Å². The molecular weight excluding hydrogens is 430 g/mol. The number of hydrogen-bond acceptors (Lipinski definition) is 5. The smallest absolute Gasteiger partial charge is 0.338 e. The van der Waals surface area contributed by atoms with Gasteiger partial charge in [-0.1, -0.05) is 54.6 Å². The molecule has 0 bridgehead atoms. The van der Waals surface area contributed by atoms with Gasteiger partial charge in [0.2, 0.25) is 0 Å². The van der Waals surface area contributed by atoms with E-state index in [2.05, 4.69) is 15.3 Å². The number of aromatic amines is 1. The molecule has 0 radical (unpaired) electrons. The second-order valence-corrected chi connectivity index (χ2v) is 7.97. The van der Waals surface area contributed by atoms with Gasteiger partial charge in [-0.2, -0.15) is 0 Å². The molecule has 2 N–H and O–H groups in total. The second kappa shape index (κ2) is 10.6. The Labute approximate surface area is 196 Å². The van der Waals surface area contributed by atoms with Crippen LogP contribution >= 0.6 is 0 Å². The average molecular weight is 456 g/mol. The number of aromatic nitrogens is 2. The molecule has 34 heavy (non-hydrogen) atoms. The average Bonchev–Trinajstić information content (AvgIpc) is 2.84. The molecular formula is C27H25N3O4. The molecule has 7 heteroatoms. The molecule has 4 rings (SSSR count). The molecule has 0 saturated carbocycles. The van der Waals surface area contributed by atoms with Gasteiger partial charge in [0.1, 0.15) is 5.82 Å². The van der Waals surface area contributed by atoms with Gasteiger partial charge in [-0.25, -0.2) is 9.78 Å². The van der Waals surface area contributed by atoms with Gasteiger partial charge in [0, 0.05) is 13.0 Å². The number of fused-ring (bicyclic) bond motifs is 1. The van der Waals surface area contributed by atoms with Crippen LogP contribution in [-0.4, -0.2) is 35.0 Å². The topological polar surface area (TPSA) is 101 Å². The van der Waals surface area contributed by atoms with E-state index < -0.39 is 5.97 Å². The molecule has 0 aliphatic rings. The van der Waals surface area contributed by atoms with Crippen molar-refractivity contribution in [1.82, 2.24) is 15.3 Å². The van der Waals surface area contributed by atoms with Crippen molar-refractivity contribution in [1.29, 1.82) is 0 Å². The minimum absolute atomic E-state index is 0.233. The molecule has 172 valence electrons. The van der Waals surface area contributed by atoms with E-state index in [9.17, 15) is 14.4 Å². The Morgan fingerprint density at radius 1 is 0.941 bits per heavy atom. The first-order valence-corrected chi connectivity index (χ1v) is 11.1. The molecule has 0 aliphatic heterocycles. The third-order valence-electron chi connectivity index (χ3n) is 5.57. The van der Waals surface area contributed by atoms with Crippen LogP contribution in [0, 0.1) is 6.92 Å². The molecule has 4 aromatic rings. The predicted octanol–water partition coefficient (Wildman–Crippen LogP) is 3.34.